The van der Waals surface area contributed by atoms with Crippen LogP contribution in [-0.4, -0.2) is 35.4 Å². The molecule has 1 aliphatic heterocycles. The molecule has 0 unspecified atom stereocenters. The number of hydrogen-bond donors (Lipinski definition) is 0. The number of aromatic nitrogens is 2. The van der Waals surface area contributed by atoms with E-state index in [4.69, 9.17) is 9.47 Å². The molecule has 2 aromatic heterocycles. The second-order valence-electron chi connectivity index (χ2n) is 6.53. The van der Waals surface area contributed by atoms with Crippen molar-refractivity contribution in [3.8, 4) is 11.1 Å². The standard InChI is InChI=1S/C21H22N2O3/c1-2-26-21(24)17-5-3-16(4-6-17)19-13-22-23-14-18(7-8-20(19)23)15-9-11-25-12-10-15/h3-8,13-15H,2,9-12H2,1H3. The van der Waals surface area contributed by atoms with Crippen LogP contribution in [0.15, 0.2) is 48.8 Å². The molecule has 26 heavy (non-hydrogen) atoms. The Morgan fingerprint density at radius 3 is 2.69 bits per heavy atom. The van der Waals surface area contributed by atoms with Gasteiger partial charge in [0.25, 0.3) is 0 Å². The van der Waals surface area contributed by atoms with Crippen LogP contribution >= 0.6 is 0 Å². The van der Waals surface area contributed by atoms with Crippen molar-refractivity contribution in [1.29, 1.82) is 0 Å². The molecule has 1 aromatic carbocycles. The number of carbonyl (C=O) groups is 1. The number of benzene rings is 1. The van der Waals surface area contributed by atoms with Gasteiger partial charge in [-0.1, -0.05) is 18.2 Å². The van der Waals surface area contributed by atoms with Gasteiger partial charge in [-0.2, -0.15) is 5.10 Å². The first-order valence-electron chi connectivity index (χ1n) is 9.09. The van der Waals surface area contributed by atoms with Crippen molar-refractivity contribution < 1.29 is 14.3 Å². The molecular formula is C21H22N2O3. The molecule has 0 amide bonds. The lowest BCUT2D eigenvalue weighted by molar-refractivity contribution is 0.0526. The van der Waals surface area contributed by atoms with E-state index in [2.05, 4.69) is 23.4 Å². The van der Waals surface area contributed by atoms with E-state index < -0.39 is 0 Å². The molecule has 5 nitrogen and oxygen atoms in total. The van der Waals surface area contributed by atoms with Gasteiger partial charge in [-0.3, -0.25) is 0 Å². The number of pyridine rings is 1. The summed E-state index contributed by atoms with van der Waals surface area (Å²) in [6, 6.07) is 11.8. The molecule has 5 heteroatoms. The Hall–Kier alpha value is -2.66. The maximum absolute atomic E-state index is 11.8. The highest BCUT2D eigenvalue weighted by Gasteiger charge is 2.17. The van der Waals surface area contributed by atoms with E-state index in [1.165, 1.54) is 5.56 Å². The number of esters is 1. The summed E-state index contributed by atoms with van der Waals surface area (Å²) in [4.78, 5) is 11.8. The zero-order valence-electron chi connectivity index (χ0n) is 14.9. The highest BCUT2D eigenvalue weighted by atomic mass is 16.5. The van der Waals surface area contributed by atoms with E-state index in [0.717, 1.165) is 42.7 Å². The zero-order chi connectivity index (χ0) is 17.9. The minimum atomic E-state index is -0.292. The number of fused-ring (bicyclic) bond motifs is 1. The number of nitrogens with zero attached hydrogens (tertiary/aromatic N) is 2. The monoisotopic (exact) mass is 350 g/mol. The van der Waals surface area contributed by atoms with E-state index in [1.54, 1.807) is 19.1 Å². The van der Waals surface area contributed by atoms with Crippen LogP contribution in [0.4, 0.5) is 0 Å². The predicted molar refractivity (Wildman–Crippen MR) is 99.4 cm³/mol. The maximum atomic E-state index is 11.8. The maximum Gasteiger partial charge on any atom is 0.338 e. The lowest BCUT2D eigenvalue weighted by Gasteiger charge is -2.22. The van der Waals surface area contributed by atoms with E-state index in [-0.39, 0.29) is 5.97 Å². The first kappa shape index (κ1) is 16.8. The quantitative estimate of drug-likeness (QED) is 0.666. The fourth-order valence-corrected chi connectivity index (χ4v) is 3.50. The average molecular weight is 350 g/mol. The van der Waals surface area contributed by atoms with Crippen molar-refractivity contribution in [2.24, 2.45) is 0 Å². The fraction of sp³-hybridized carbons (Fsp3) is 0.333. The molecule has 1 aliphatic rings. The normalized spacial score (nSPS) is 15.3. The van der Waals surface area contributed by atoms with Crippen molar-refractivity contribution in [2.75, 3.05) is 19.8 Å². The molecule has 0 aliphatic carbocycles. The van der Waals surface area contributed by atoms with Crippen LogP contribution < -0.4 is 0 Å². The molecule has 1 saturated heterocycles. The van der Waals surface area contributed by atoms with Gasteiger partial charge in [-0.15, -0.1) is 0 Å². The van der Waals surface area contributed by atoms with Crippen molar-refractivity contribution >= 4 is 11.5 Å². The molecular weight excluding hydrogens is 328 g/mol. The molecule has 0 radical (unpaired) electrons. The highest BCUT2D eigenvalue weighted by Crippen LogP contribution is 2.30. The smallest absolute Gasteiger partial charge is 0.338 e. The van der Waals surface area contributed by atoms with Crippen LogP contribution in [0, 0.1) is 0 Å². The van der Waals surface area contributed by atoms with E-state index in [0.29, 0.717) is 18.1 Å². The van der Waals surface area contributed by atoms with Crippen molar-refractivity contribution in [2.45, 2.75) is 25.7 Å². The summed E-state index contributed by atoms with van der Waals surface area (Å²) in [5.74, 6) is 0.254. The molecule has 0 bridgehead atoms. The number of hydrogen-bond acceptors (Lipinski definition) is 4. The van der Waals surface area contributed by atoms with E-state index >= 15 is 0 Å². The summed E-state index contributed by atoms with van der Waals surface area (Å²) in [5.41, 5.74) is 5.03. The summed E-state index contributed by atoms with van der Waals surface area (Å²) in [5, 5.41) is 4.53. The van der Waals surface area contributed by atoms with Crippen LogP contribution in [0.5, 0.6) is 0 Å². The van der Waals surface area contributed by atoms with Gasteiger partial charge in [0.15, 0.2) is 0 Å². The highest BCUT2D eigenvalue weighted by molar-refractivity contribution is 5.90. The summed E-state index contributed by atoms with van der Waals surface area (Å²) in [6.45, 7) is 3.85. The first-order chi connectivity index (χ1) is 12.8. The number of ether oxygens (including phenoxy) is 2. The predicted octanol–water partition coefficient (Wildman–Crippen LogP) is 4.07. The molecule has 3 heterocycles. The Morgan fingerprint density at radius 1 is 1.19 bits per heavy atom. The van der Waals surface area contributed by atoms with Crippen LogP contribution in [0.2, 0.25) is 0 Å². The minimum absolute atomic E-state index is 0.292. The number of rotatable bonds is 4. The molecule has 0 spiro atoms. The Bertz CT molecular complexity index is 909. The van der Waals surface area contributed by atoms with E-state index in [1.807, 2.05) is 22.8 Å². The minimum Gasteiger partial charge on any atom is -0.462 e. The van der Waals surface area contributed by atoms with Crippen molar-refractivity contribution in [3.05, 3.63) is 59.9 Å². The average Bonchev–Trinajstić information content (AvgIpc) is 3.12. The van der Waals surface area contributed by atoms with Crippen LogP contribution in [0.25, 0.3) is 16.6 Å². The second kappa shape index (κ2) is 7.30. The molecule has 1 fully saturated rings. The molecule has 4 rings (SSSR count). The van der Waals surface area contributed by atoms with Gasteiger partial charge in [0.2, 0.25) is 0 Å². The summed E-state index contributed by atoms with van der Waals surface area (Å²) >= 11 is 0. The first-order valence-corrected chi connectivity index (χ1v) is 9.09. The zero-order valence-corrected chi connectivity index (χ0v) is 14.9. The van der Waals surface area contributed by atoms with Crippen LogP contribution in [0.1, 0.15) is 41.6 Å². The Balaban J connectivity index is 1.62. The third-order valence-electron chi connectivity index (χ3n) is 4.94. The molecule has 134 valence electrons. The van der Waals surface area contributed by atoms with Gasteiger partial charge in [-0.05, 0) is 55.0 Å². The number of carbonyl (C=O) groups excluding carboxylic acids is 1. The summed E-state index contributed by atoms with van der Waals surface area (Å²) in [7, 11) is 0. The molecule has 0 saturated carbocycles. The molecule has 0 atom stereocenters. The third kappa shape index (κ3) is 3.22. The third-order valence-corrected chi connectivity index (χ3v) is 4.94. The molecule has 3 aromatic rings. The molecule has 0 N–H and O–H groups in total. The van der Waals surface area contributed by atoms with Gasteiger partial charge in [0.05, 0.1) is 23.9 Å². The van der Waals surface area contributed by atoms with E-state index in [9.17, 15) is 4.79 Å². The summed E-state index contributed by atoms with van der Waals surface area (Å²) in [6.07, 6.45) is 6.13. The van der Waals surface area contributed by atoms with Gasteiger partial charge in [0, 0.05) is 25.0 Å². The summed E-state index contributed by atoms with van der Waals surface area (Å²) < 4.78 is 12.4. The second-order valence-corrected chi connectivity index (χ2v) is 6.53. The van der Waals surface area contributed by atoms with Gasteiger partial charge >= 0.3 is 5.97 Å². The van der Waals surface area contributed by atoms with Gasteiger partial charge in [-0.25, -0.2) is 9.31 Å². The Kier molecular flexibility index (Phi) is 4.71. The van der Waals surface area contributed by atoms with Gasteiger partial charge < -0.3 is 9.47 Å². The topological polar surface area (TPSA) is 52.8 Å². The SMILES string of the molecule is CCOC(=O)c1ccc(-c2cnn3cc(C4CCOCC4)ccc23)cc1. The lowest BCUT2D eigenvalue weighted by Crippen LogP contribution is -2.14. The van der Waals surface area contributed by atoms with Crippen LogP contribution in [0.3, 0.4) is 0 Å². The Labute approximate surface area is 152 Å². The van der Waals surface area contributed by atoms with Crippen molar-refractivity contribution in [3.63, 3.8) is 0 Å². The van der Waals surface area contributed by atoms with Crippen molar-refractivity contribution in [1.82, 2.24) is 9.61 Å². The fourth-order valence-electron chi connectivity index (χ4n) is 3.50. The Morgan fingerprint density at radius 2 is 1.96 bits per heavy atom. The largest absolute Gasteiger partial charge is 0.462 e. The van der Waals surface area contributed by atoms with Gasteiger partial charge in [0.1, 0.15) is 0 Å². The van der Waals surface area contributed by atoms with Crippen LogP contribution in [-0.2, 0) is 9.47 Å². The lowest BCUT2D eigenvalue weighted by atomic mass is 9.93.